The van der Waals surface area contributed by atoms with Crippen LogP contribution < -0.4 is 5.43 Å². The Bertz CT molecular complexity index is 772. The fraction of sp³-hybridized carbons (Fsp3) is 0.421. The number of hydrazine groups is 1. The van der Waals surface area contributed by atoms with Gasteiger partial charge in [-0.05, 0) is 49.1 Å². The number of imide groups is 1. The molecule has 5 nitrogen and oxygen atoms in total. The number of carbonyl (C=O) groups excluding carboxylic acids is 3. The quantitative estimate of drug-likeness (QED) is 0.667. The number of fused-ring (bicyclic) bond motifs is 3. The average molecular weight is 322 g/mol. The number of nitrogens with one attached hydrogen (secondary N) is 1. The molecule has 1 aromatic carbocycles. The van der Waals surface area contributed by atoms with E-state index < -0.39 is 5.91 Å². The van der Waals surface area contributed by atoms with Crippen molar-refractivity contribution in [3.63, 3.8) is 0 Å². The van der Waals surface area contributed by atoms with Gasteiger partial charge in [0.1, 0.15) is 0 Å². The number of carbonyl (C=O) groups is 3. The maximum Gasteiger partial charge on any atom is 0.270 e. The van der Waals surface area contributed by atoms with Crippen LogP contribution in [0.15, 0.2) is 36.4 Å². The van der Waals surface area contributed by atoms with Gasteiger partial charge in [0.2, 0.25) is 0 Å². The minimum Gasteiger partial charge on any atom is -0.272 e. The van der Waals surface area contributed by atoms with Crippen LogP contribution in [0.1, 0.15) is 28.8 Å². The molecule has 4 aliphatic rings. The minimum absolute atomic E-state index is 0.172. The molecule has 0 aromatic heterocycles. The van der Waals surface area contributed by atoms with Crippen LogP contribution in [0.5, 0.6) is 0 Å². The van der Waals surface area contributed by atoms with Gasteiger partial charge in [0.25, 0.3) is 17.7 Å². The summed E-state index contributed by atoms with van der Waals surface area (Å²) in [7, 11) is 0. The molecule has 2 bridgehead atoms. The molecule has 0 radical (unpaired) electrons. The van der Waals surface area contributed by atoms with E-state index in [0.29, 0.717) is 5.56 Å². The molecular formula is C19H18N2O3. The first-order valence-electron chi connectivity index (χ1n) is 8.47. The first-order chi connectivity index (χ1) is 11.5. The van der Waals surface area contributed by atoms with Crippen molar-refractivity contribution in [2.24, 2.45) is 29.1 Å². The Kier molecular flexibility index (Phi) is 2.53. The summed E-state index contributed by atoms with van der Waals surface area (Å²) in [5, 5.41) is 0.972. The lowest BCUT2D eigenvalue weighted by Crippen LogP contribution is -2.47. The summed E-state index contributed by atoms with van der Waals surface area (Å²) in [4.78, 5) is 37.9. The molecule has 1 aliphatic heterocycles. The lowest BCUT2D eigenvalue weighted by Gasteiger charge is -2.22. The van der Waals surface area contributed by atoms with Crippen LogP contribution in [0.2, 0.25) is 0 Å². The highest BCUT2D eigenvalue weighted by atomic mass is 16.2. The molecule has 2 saturated carbocycles. The predicted octanol–water partition coefficient (Wildman–Crippen LogP) is 1.84. The number of aryl methyl sites for hydroxylation is 1. The lowest BCUT2D eigenvalue weighted by molar-refractivity contribution is -0.144. The Morgan fingerprint density at radius 2 is 1.58 bits per heavy atom. The normalized spacial score (nSPS) is 34.1. The molecule has 3 aliphatic carbocycles. The number of hydrogen-bond acceptors (Lipinski definition) is 3. The first-order valence-corrected chi connectivity index (χ1v) is 8.47. The third-order valence-electron chi connectivity index (χ3n) is 6.38. The Morgan fingerprint density at radius 3 is 2.08 bits per heavy atom. The van der Waals surface area contributed by atoms with Gasteiger partial charge in [0, 0.05) is 5.56 Å². The van der Waals surface area contributed by atoms with Crippen LogP contribution in [0.25, 0.3) is 0 Å². The molecule has 1 saturated heterocycles. The summed E-state index contributed by atoms with van der Waals surface area (Å²) < 4.78 is 0. The van der Waals surface area contributed by atoms with E-state index in [0.717, 1.165) is 23.4 Å². The summed E-state index contributed by atoms with van der Waals surface area (Å²) in [6.45, 7) is 1.94. The molecule has 3 amide bonds. The van der Waals surface area contributed by atoms with Gasteiger partial charge in [-0.1, -0.05) is 29.8 Å². The van der Waals surface area contributed by atoms with Gasteiger partial charge in [-0.15, -0.1) is 0 Å². The van der Waals surface area contributed by atoms with E-state index in [1.807, 2.05) is 19.1 Å². The highest BCUT2D eigenvalue weighted by Crippen LogP contribution is 2.73. The van der Waals surface area contributed by atoms with Crippen molar-refractivity contribution in [2.45, 2.75) is 19.8 Å². The molecule has 122 valence electrons. The Morgan fingerprint density at radius 1 is 1.04 bits per heavy atom. The second kappa shape index (κ2) is 4.35. The van der Waals surface area contributed by atoms with E-state index in [1.54, 1.807) is 12.1 Å². The third-order valence-corrected chi connectivity index (χ3v) is 6.38. The van der Waals surface area contributed by atoms with Gasteiger partial charge in [-0.25, -0.2) is 0 Å². The number of allylic oxidation sites excluding steroid dienone is 2. The van der Waals surface area contributed by atoms with E-state index in [-0.39, 0.29) is 40.9 Å². The molecule has 5 rings (SSSR count). The number of amides is 3. The number of rotatable bonds is 2. The topological polar surface area (TPSA) is 66.5 Å². The van der Waals surface area contributed by atoms with E-state index in [9.17, 15) is 14.4 Å². The van der Waals surface area contributed by atoms with E-state index in [4.69, 9.17) is 0 Å². The van der Waals surface area contributed by atoms with Crippen molar-refractivity contribution >= 4 is 17.7 Å². The standard InChI is InChI=1S/C19H18N2O3/c1-10-2-4-11(5-3-10)16(22)20-21-17(23)14-12-6-7-13(15(14)18(21)24)19(12)8-9-19/h2-7,12-15H,8-9H2,1H3,(H,20,22)/t12-,13+,14+,15-. The van der Waals surface area contributed by atoms with Crippen molar-refractivity contribution < 1.29 is 14.4 Å². The highest BCUT2D eigenvalue weighted by molar-refractivity contribution is 6.09. The van der Waals surface area contributed by atoms with Gasteiger partial charge in [0.15, 0.2) is 0 Å². The fourth-order valence-corrected chi connectivity index (χ4v) is 5.06. The molecule has 5 heteroatoms. The molecule has 3 fully saturated rings. The van der Waals surface area contributed by atoms with Gasteiger partial charge in [0.05, 0.1) is 11.8 Å². The van der Waals surface area contributed by atoms with Crippen LogP contribution in [0, 0.1) is 36.0 Å². The largest absolute Gasteiger partial charge is 0.272 e. The van der Waals surface area contributed by atoms with E-state index >= 15 is 0 Å². The van der Waals surface area contributed by atoms with Crippen LogP contribution in [-0.4, -0.2) is 22.7 Å². The second-order valence-electron chi connectivity index (χ2n) is 7.54. The minimum atomic E-state index is -0.418. The van der Waals surface area contributed by atoms with Crippen molar-refractivity contribution in [1.82, 2.24) is 10.4 Å². The van der Waals surface area contributed by atoms with Gasteiger partial charge in [-0.2, -0.15) is 5.01 Å². The first kappa shape index (κ1) is 14.0. The highest BCUT2D eigenvalue weighted by Gasteiger charge is 2.73. The Labute approximate surface area is 139 Å². The van der Waals surface area contributed by atoms with Crippen molar-refractivity contribution in [3.8, 4) is 0 Å². The van der Waals surface area contributed by atoms with Crippen molar-refractivity contribution in [1.29, 1.82) is 0 Å². The van der Waals surface area contributed by atoms with E-state index in [2.05, 4.69) is 17.6 Å². The number of nitrogens with zero attached hydrogens (tertiary/aromatic N) is 1. The molecular weight excluding hydrogens is 304 g/mol. The third kappa shape index (κ3) is 1.57. The van der Waals surface area contributed by atoms with Crippen LogP contribution in [0.4, 0.5) is 0 Å². The average Bonchev–Trinajstić information content (AvgIpc) is 3.18. The van der Waals surface area contributed by atoms with Crippen molar-refractivity contribution in [2.75, 3.05) is 0 Å². The summed E-state index contributed by atoms with van der Waals surface area (Å²) in [5.74, 6) is -1.13. The molecule has 1 spiro atoms. The zero-order chi connectivity index (χ0) is 16.6. The van der Waals surface area contributed by atoms with Crippen LogP contribution in [0.3, 0.4) is 0 Å². The molecule has 1 N–H and O–H groups in total. The zero-order valence-corrected chi connectivity index (χ0v) is 13.4. The Balaban J connectivity index is 1.39. The maximum absolute atomic E-state index is 12.8. The number of benzene rings is 1. The molecule has 24 heavy (non-hydrogen) atoms. The van der Waals surface area contributed by atoms with Gasteiger partial charge >= 0.3 is 0 Å². The summed E-state index contributed by atoms with van der Waals surface area (Å²) in [6, 6.07) is 7.05. The summed E-state index contributed by atoms with van der Waals surface area (Å²) in [6.07, 6.45) is 6.46. The predicted molar refractivity (Wildman–Crippen MR) is 85.3 cm³/mol. The van der Waals surface area contributed by atoms with Gasteiger partial charge < -0.3 is 0 Å². The molecule has 0 unspecified atom stereocenters. The fourth-order valence-electron chi connectivity index (χ4n) is 5.06. The maximum atomic E-state index is 12.8. The molecule has 1 aromatic rings. The van der Waals surface area contributed by atoms with Crippen LogP contribution in [-0.2, 0) is 9.59 Å². The molecule has 4 atom stereocenters. The van der Waals surface area contributed by atoms with Gasteiger partial charge in [-0.3, -0.25) is 19.8 Å². The summed E-state index contributed by atoms with van der Waals surface area (Å²) in [5.41, 5.74) is 4.19. The number of hydrogen-bond donors (Lipinski definition) is 1. The zero-order valence-electron chi connectivity index (χ0n) is 13.4. The SMILES string of the molecule is Cc1ccc(C(=O)NN2C(=O)[C@@H]3[C@H](C2=O)[C@@H]2C=C[C@H]3C23CC3)cc1. The van der Waals surface area contributed by atoms with Crippen molar-refractivity contribution in [3.05, 3.63) is 47.5 Å². The molecule has 1 heterocycles. The van der Waals surface area contributed by atoms with Crippen LogP contribution >= 0.6 is 0 Å². The monoisotopic (exact) mass is 322 g/mol. The summed E-state index contributed by atoms with van der Waals surface area (Å²) >= 11 is 0. The smallest absolute Gasteiger partial charge is 0.270 e. The lowest BCUT2D eigenvalue weighted by atomic mass is 9.85. The Hall–Kier alpha value is -2.43. The second-order valence-corrected chi connectivity index (χ2v) is 7.54. The van der Waals surface area contributed by atoms with E-state index in [1.165, 1.54) is 0 Å².